The molecule has 0 atom stereocenters. The Balaban J connectivity index is 1.77. The van der Waals surface area contributed by atoms with Crippen LogP contribution < -0.4 is 16.4 Å². The largest absolute Gasteiger partial charge is 0.366 e. The van der Waals surface area contributed by atoms with Crippen molar-refractivity contribution >= 4 is 29.2 Å². The number of aromatic amines is 1. The molecule has 0 bridgehead atoms. The number of carbonyl (C=O) groups is 2. The third kappa shape index (κ3) is 3.65. The molecule has 1 saturated carbocycles. The van der Waals surface area contributed by atoms with E-state index in [2.05, 4.69) is 4.98 Å². The maximum absolute atomic E-state index is 14.6. The number of nitrogens with zero attached hydrogens (tertiary/aromatic N) is 1. The highest BCUT2D eigenvalue weighted by Gasteiger charge is 2.36. The molecule has 0 unspecified atom stereocenters. The van der Waals surface area contributed by atoms with Gasteiger partial charge in [-0.05, 0) is 75.3 Å². The van der Waals surface area contributed by atoms with Gasteiger partial charge in [-0.25, -0.2) is 4.39 Å². The van der Waals surface area contributed by atoms with E-state index < -0.39 is 11.7 Å². The second-order valence-electron chi connectivity index (χ2n) is 8.52. The first-order valence-corrected chi connectivity index (χ1v) is 10.3. The van der Waals surface area contributed by atoms with Crippen LogP contribution in [0.2, 0.25) is 0 Å². The molecular formula is C23H27FN4O2. The van der Waals surface area contributed by atoms with Crippen molar-refractivity contribution in [2.45, 2.75) is 45.6 Å². The molecule has 1 aromatic heterocycles. The molecule has 158 valence electrons. The summed E-state index contributed by atoms with van der Waals surface area (Å²) in [6.45, 7) is 4.41. The third-order valence-electron chi connectivity index (χ3n) is 6.22. The van der Waals surface area contributed by atoms with E-state index in [1.165, 1.54) is 12.1 Å². The van der Waals surface area contributed by atoms with Crippen molar-refractivity contribution in [1.29, 1.82) is 0 Å². The SMILES string of the molecule is Cc1cc(C)c(/C=C2\C(=O)N(CC3CCC(N)CC3)c3cc(C(N)=O)c(F)cc32)[nH]1. The molecule has 5 N–H and O–H groups in total. The van der Waals surface area contributed by atoms with Gasteiger partial charge in [0.1, 0.15) is 5.82 Å². The van der Waals surface area contributed by atoms with Gasteiger partial charge in [0.25, 0.3) is 11.8 Å². The number of H-pyrrole nitrogens is 1. The monoisotopic (exact) mass is 410 g/mol. The number of nitrogens with two attached hydrogens (primary N) is 2. The zero-order chi connectivity index (χ0) is 21.6. The maximum Gasteiger partial charge on any atom is 0.259 e. The standard InChI is InChI=1S/C23H27FN4O2/c1-12-7-13(2)27-20(12)9-17-16-8-19(24)18(22(26)29)10-21(16)28(23(17)30)11-14-3-5-15(25)6-4-14/h7-10,14-15,27H,3-6,11,25H2,1-2H3,(H2,26,29)/b17-9-. The Hall–Kier alpha value is -2.93. The van der Waals surface area contributed by atoms with Gasteiger partial charge in [0.05, 0.1) is 16.8 Å². The lowest BCUT2D eigenvalue weighted by Gasteiger charge is -2.30. The minimum absolute atomic E-state index is 0.187. The van der Waals surface area contributed by atoms with E-state index in [0.29, 0.717) is 29.3 Å². The number of fused-ring (bicyclic) bond motifs is 1. The van der Waals surface area contributed by atoms with E-state index in [1.807, 2.05) is 19.9 Å². The maximum atomic E-state index is 14.6. The molecule has 0 spiro atoms. The molecule has 30 heavy (non-hydrogen) atoms. The molecule has 4 rings (SSSR count). The topological polar surface area (TPSA) is 105 Å². The van der Waals surface area contributed by atoms with Crippen LogP contribution in [0, 0.1) is 25.6 Å². The number of aryl methyl sites for hydroxylation is 2. The lowest BCUT2D eigenvalue weighted by atomic mass is 9.86. The summed E-state index contributed by atoms with van der Waals surface area (Å²) in [4.78, 5) is 30.0. The number of aromatic nitrogens is 1. The number of amides is 2. The first-order chi connectivity index (χ1) is 14.2. The minimum Gasteiger partial charge on any atom is -0.366 e. The summed E-state index contributed by atoms with van der Waals surface area (Å²) in [6.07, 6.45) is 5.51. The van der Waals surface area contributed by atoms with Gasteiger partial charge in [0.2, 0.25) is 0 Å². The summed E-state index contributed by atoms with van der Waals surface area (Å²) in [5.41, 5.74) is 15.4. The zero-order valence-electron chi connectivity index (χ0n) is 17.3. The Morgan fingerprint density at radius 3 is 2.53 bits per heavy atom. The van der Waals surface area contributed by atoms with E-state index in [0.717, 1.165) is 42.6 Å². The highest BCUT2D eigenvalue weighted by atomic mass is 19.1. The predicted molar refractivity (Wildman–Crippen MR) is 115 cm³/mol. The Labute approximate surface area is 175 Å². The number of hydrogen-bond acceptors (Lipinski definition) is 3. The number of rotatable bonds is 4. The van der Waals surface area contributed by atoms with Crippen LogP contribution in [0.1, 0.15) is 58.6 Å². The van der Waals surface area contributed by atoms with Crippen molar-refractivity contribution in [3.05, 3.63) is 52.1 Å². The van der Waals surface area contributed by atoms with Crippen LogP contribution in [-0.4, -0.2) is 29.4 Å². The number of primary amides is 1. The van der Waals surface area contributed by atoms with Gasteiger partial charge in [-0.1, -0.05) is 0 Å². The summed E-state index contributed by atoms with van der Waals surface area (Å²) < 4.78 is 14.6. The van der Waals surface area contributed by atoms with Crippen LogP contribution in [0.4, 0.5) is 10.1 Å². The summed E-state index contributed by atoms with van der Waals surface area (Å²) in [6, 6.07) is 4.87. The molecule has 6 nitrogen and oxygen atoms in total. The normalized spacial score (nSPS) is 22.6. The van der Waals surface area contributed by atoms with Crippen LogP contribution in [0.15, 0.2) is 18.2 Å². The van der Waals surface area contributed by atoms with Crippen LogP contribution in [-0.2, 0) is 4.79 Å². The van der Waals surface area contributed by atoms with Gasteiger partial charge in [-0.2, -0.15) is 0 Å². The van der Waals surface area contributed by atoms with E-state index in [1.54, 1.807) is 11.0 Å². The molecule has 7 heteroatoms. The number of hydrogen-bond donors (Lipinski definition) is 3. The van der Waals surface area contributed by atoms with Crippen molar-refractivity contribution in [3.63, 3.8) is 0 Å². The van der Waals surface area contributed by atoms with Crippen molar-refractivity contribution in [2.75, 3.05) is 11.4 Å². The number of nitrogens with one attached hydrogen (secondary N) is 1. The van der Waals surface area contributed by atoms with Gasteiger partial charge in [0.15, 0.2) is 0 Å². The number of halogens is 1. The molecule has 0 radical (unpaired) electrons. The Bertz CT molecular complexity index is 1050. The van der Waals surface area contributed by atoms with Crippen molar-refractivity contribution in [2.24, 2.45) is 17.4 Å². The fourth-order valence-corrected chi connectivity index (χ4v) is 4.55. The fourth-order valence-electron chi connectivity index (χ4n) is 4.55. The van der Waals surface area contributed by atoms with Gasteiger partial charge < -0.3 is 21.4 Å². The van der Waals surface area contributed by atoms with Crippen molar-refractivity contribution in [1.82, 2.24) is 4.98 Å². The summed E-state index contributed by atoms with van der Waals surface area (Å²) in [5.74, 6) is -1.44. The first-order valence-electron chi connectivity index (χ1n) is 10.3. The van der Waals surface area contributed by atoms with Gasteiger partial charge >= 0.3 is 0 Å². The number of benzene rings is 1. The highest BCUT2D eigenvalue weighted by Crippen LogP contribution is 2.41. The van der Waals surface area contributed by atoms with Crippen LogP contribution >= 0.6 is 0 Å². The van der Waals surface area contributed by atoms with Gasteiger partial charge in [0, 0.05) is 29.5 Å². The quantitative estimate of drug-likeness (QED) is 0.674. The lowest BCUT2D eigenvalue weighted by molar-refractivity contribution is -0.113. The molecule has 2 heterocycles. The van der Waals surface area contributed by atoms with Crippen molar-refractivity contribution in [3.8, 4) is 0 Å². The number of anilines is 1. The minimum atomic E-state index is -0.848. The molecule has 2 aliphatic rings. The smallest absolute Gasteiger partial charge is 0.259 e. The van der Waals surface area contributed by atoms with E-state index >= 15 is 0 Å². The third-order valence-corrected chi connectivity index (χ3v) is 6.22. The van der Waals surface area contributed by atoms with Gasteiger partial charge in [-0.15, -0.1) is 0 Å². The zero-order valence-corrected chi connectivity index (χ0v) is 17.3. The van der Waals surface area contributed by atoms with Gasteiger partial charge in [-0.3, -0.25) is 9.59 Å². The second kappa shape index (κ2) is 7.72. The van der Waals surface area contributed by atoms with Crippen LogP contribution in [0.3, 0.4) is 0 Å². The molecule has 1 aromatic carbocycles. The Kier molecular flexibility index (Phi) is 5.24. The molecule has 1 aliphatic heterocycles. The summed E-state index contributed by atoms with van der Waals surface area (Å²) in [7, 11) is 0. The van der Waals surface area contributed by atoms with Crippen molar-refractivity contribution < 1.29 is 14.0 Å². The molecule has 1 aliphatic carbocycles. The number of carbonyl (C=O) groups excluding carboxylic acids is 2. The Morgan fingerprint density at radius 2 is 1.93 bits per heavy atom. The summed E-state index contributed by atoms with van der Waals surface area (Å²) in [5, 5.41) is 0. The summed E-state index contributed by atoms with van der Waals surface area (Å²) >= 11 is 0. The molecule has 1 fully saturated rings. The first kappa shape index (κ1) is 20.3. The van der Waals surface area contributed by atoms with E-state index in [9.17, 15) is 14.0 Å². The van der Waals surface area contributed by atoms with Crippen LogP contribution in [0.5, 0.6) is 0 Å². The van der Waals surface area contributed by atoms with E-state index in [4.69, 9.17) is 11.5 Å². The molecule has 2 amide bonds. The predicted octanol–water partition coefficient (Wildman–Crippen LogP) is 3.27. The Morgan fingerprint density at radius 1 is 1.23 bits per heavy atom. The van der Waals surface area contributed by atoms with Crippen LogP contribution in [0.25, 0.3) is 11.6 Å². The average molecular weight is 410 g/mol. The van der Waals surface area contributed by atoms with E-state index in [-0.39, 0.29) is 17.5 Å². The lowest BCUT2D eigenvalue weighted by Crippen LogP contribution is -2.36. The fraction of sp³-hybridized carbons (Fsp3) is 0.391. The average Bonchev–Trinajstić information content (AvgIpc) is 3.13. The molecular weight excluding hydrogens is 383 g/mol. The highest BCUT2D eigenvalue weighted by molar-refractivity contribution is 6.36. The second-order valence-corrected chi connectivity index (χ2v) is 8.52. The molecule has 2 aromatic rings. The molecule has 0 saturated heterocycles.